The number of morpholine rings is 1. The second-order valence-corrected chi connectivity index (χ2v) is 7.12. The van der Waals surface area contributed by atoms with Crippen molar-refractivity contribution in [2.45, 2.75) is 25.5 Å². The standard InChI is InChI=1S/C21H23ClN2O3/c1-15-14-24(11-12-27-15)21(26)19(13-16-5-3-2-4-6-16)23-20(25)17-7-9-18(22)10-8-17/h2-10,15,19H,11-14H2,1H3,(H,23,25). The van der Waals surface area contributed by atoms with Crippen molar-refractivity contribution < 1.29 is 14.3 Å². The zero-order chi connectivity index (χ0) is 19.2. The Labute approximate surface area is 164 Å². The molecule has 0 saturated carbocycles. The molecule has 1 aliphatic heterocycles. The summed E-state index contributed by atoms with van der Waals surface area (Å²) in [5, 5.41) is 3.46. The van der Waals surface area contributed by atoms with E-state index in [-0.39, 0.29) is 17.9 Å². The van der Waals surface area contributed by atoms with Crippen LogP contribution in [0.5, 0.6) is 0 Å². The molecule has 1 heterocycles. The first-order chi connectivity index (χ1) is 13.0. The topological polar surface area (TPSA) is 58.6 Å². The average molecular weight is 387 g/mol. The van der Waals surface area contributed by atoms with Crippen LogP contribution in [0.25, 0.3) is 0 Å². The summed E-state index contributed by atoms with van der Waals surface area (Å²) in [6.45, 7) is 3.51. The number of hydrogen-bond donors (Lipinski definition) is 1. The van der Waals surface area contributed by atoms with Gasteiger partial charge in [0, 0.05) is 30.1 Å². The van der Waals surface area contributed by atoms with Crippen molar-refractivity contribution in [2.24, 2.45) is 0 Å². The maximum Gasteiger partial charge on any atom is 0.251 e. The van der Waals surface area contributed by atoms with E-state index >= 15 is 0 Å². The first-order valence-electron chi connectivity index (χ1n) is 9.03. The number of ether oxygens (including phenoxy) is 1. The van der Waals surface area contributed by atoms with Crippen molar-refractivity contribution in [1.82, 2.24) is 10.2 Å². The first kappa shape index (κ1) is 19.4. The fourth-order valence-corrected chi connectivity index (χ4v) is 3.26. The van der Waals surface area contributed by atoms with Crippen LogP contribution in [0.3, 0.4) is 0 Å². The summed E-state index contributed by atoms with van der Waals surface area (Å²) in [7, 11) is 0. The Morgan fingerprint density at radius 2 is 1.89 bits per heavy atom. The molecule has 5 nitrogen and oxygen atoms in total. The molecular formula is C21H23ClN2O3. The number of carbonyl (C=O) groups is 2. The molecule has 2 amide bonds. The molecule has 0 radical (unpaired) electrons. The molecule has 0 aliphatic carbocycles. The van der Waals surface area contributed by atoms with Gasteiger partial charge < -0.3 is 15.0 Å². The molecule has 1 saturated heterocycles. The molecule has 2 unspecified atom stereocenters. The second-order valence-electron chi connectivity index (χ2n) is 6.69. The van der Waals surface area contributed by atoms with Crippen molar-refractivity contribution in [1.29, 1.82) is 0 Å². The van der Waals surface area contributed by atoms with Gasteiger partial charge in [0.05, 0.1) is 12.7 Å². The van der Waals surface area contributed by atoms with E-state index in [0.717, 1.165) is 5.56 Å². The summed E-state index contributed by atoms with van der Waals surface area (Å²) < 4.78 is 5.52. The maximum atomic E-state index is 13.1. The molecule has 6 heteroatoms. The third kappa shape index (κ3) is 5.31. The van der Waals surface area contributed by atoms with Crippen molar-refractivity contribution in [2.75, 3.05) is 19.7 Å². The Balaban J connectivity index is 1.77. The van der Waals surface area contributed by atoms with Crippen molar-refractivity contribution >= 4 is 23.4 Å². The number of amides is 2. The highest BCUT2D eigenvalue weighted by Crippen LogP contribution is 2.13. The molecule has 2 atom stereocenters. The van der Waals surface area contributed by atoms with E-state index in [1.165, 1.54) is 0 Å². The smallest absolute Gasteiger partial charge is 0.251 e. The van der Waals surface area contributed by atoms with Gasteiger partial charge in [0.15, 0.2) is 0 Å². The van der Waals surface area contributed by atoms with Gasteiger partial charge in [-0.15, -0.1) is 0 Å². The minimum absolute atomic E-state index is 0.00737. The highest BCUT2D eigenvalue weighted by Gasteiger charge is 2.29. The van der Waals surface area contributed by atoms with Gasteiger partial charge in [-0.3, -0.25) is 9.59 Å². The summed E-state index contributed by atoms with van der Waals surface area (Å²) in [4.78, 5) is 27.5. The van der Waals surface area contributed by atoms with Crippen LogP contribution in [0, 0.1) is 0 Å². The van der Waals surface area contributed by atoms with Crippen molar-refractivity contribution in [3.8, 4) is 0 Å². The number of nitrogens with one attached hydrogen (secondary N) is 1. The first-order valence-corrected chi connectivity index (χ1v) is 9.41. The lowest BCUT2D eigenvalue weighted by Crippen LogP contribution is -2.54. The zero-order valence-corrected chi connectivity index (χ0v) is 16.0. The largest absolute Gasteiger partial charge is 0.375 e. The number of hydrogen-bond acceptors (Lipinski definition) is 3. The molecule has 3 rings (SSSR count). The Bertz CT molecular complexity index is 780. The summed E-state index contributed by atoms with van der Waals surface area (Å²) in [5.74, 6) is -0.376. The minimum Gasteiger partial charge on any atom is -0.375 e. The van der Waals surface area contributed by atoms with E-state index in [1.807, 2.05) is 37.3 Å². The fraction of sp³-hybridized carbons (Fsp3) is 0.333. The van der Waals surface area contributed by atoms with Crippen molar-refractivity contribution in [3.05, 3.63) is 70.7 Å². The van der Waals surface area contributed by atoms with Crippen LogP contribution < -0.4 is 5.32 Å². The zero-order valence-electron chi connectivity index (χ0n) is 15.2. The molecule has 1 N–H and O–H groups in total. The number of benzene rings is 2. The van der Waals surface area contributed by atoms with Gasteiger partial charge in [-0.25, -0.2) is 0 Å². The number of rotatable bonds is 5. The van der Waals surface area contributed by atoms with Crippen LogP contribution in [0.1, 0.15) is 22.8 Å². The van der Waals surface area contributed by atoms with Gasteiger partial charge in [-0.1, -0.05) is 41.9 Å². The molecule has 1 fully saturated rings. The summed E-state index contributed by atoms with van der Waals surface area (Å²) >= 11 is 5.89. The molecule has 2 aromatic rings. The minimum atomic E-state index is -0.638. The van der Waals surface area contributed by atoms with Crippen LogP contribution in [-0.4, -0.2) is 48.6 Å². The lowest BCUT2D eigenvalue weighted by atomic mass is 10.0. The highest BCUT2D eigenvalue weighted by molar-refractivity contribution is 6.30. The van der Waals surface area contributed by atoms with Crippen LogP contribution in [-0.2, 0) is 16.0 Å². The third-order valence-electron chi connectivity index (χ3n) is 4.55. The second kappa shape index (κ2) is 9.02. The predicted octanol–water partition coefficient (Wildman–Crippen LogP) is 2.93. The molecule has 0 bridgehead atoms. The van der Waals surface area contributed by atoms with Gasteiger partial charge in [-0.2, -0.15) is 0 Å². The predicted molar refractivity (Wildman–Crippen MR) is 105 cm³/mol. The molecule has 27 heavy (non-hydrogen) atoms. The number of carbonyl (C=O) groups excluding carboxylic acids is 2. The van der Waals surface area contributed by atoms with Crippen LogP contribution in [0.2, 0.25) is 5.02 Å². The molecule has 2 aromatic carbocycles. The quantitative estimate of drug-likeness (QED) is 0.859. The lowest BCUT2D eigenvalue weighted by molar-refractivity contribution is -0.140. The highest BCUT2D eigenvalue weighted by atomic mass is 35.5. The Morgan fingerprint density at radius 3 is 2.56 bits per heavy atom. The van der Waals surface area contributed by atoms with Crippen LogP contribution in [0.4, 0.5) is 0 Å². The Kier molecular flexibility index (Phi) is 6.48. The van der Waals surface area contributed by atoms with E-state index in [0.29, 0.717) is 36.7 Å². The SMILES string of the molecule is CC1CN(C(=O)C(Cc2ccccc2)NC(=O)c2ccc(Cl)cc2)CCO1. The summed E-state index contributed by atoms with van der Waals surface area (Å²) in [6, 6.07) is 15.7. The Morgan fingerprint density at radius 1 is 1.19 bits per heavy atom. The summed E-state index contributed by atoms with van der Waals surface area (Å²) in [6.07, 6.45) is 0.428. The molecule has 142 valence electrons. The van der Waals surface area contributed by atoms with Crippen LogP contribution in [0.15, 0.2) is 54.6 Å². The third-order valence-corrected chi connectivity index (χ3v) is 4.80. The number of halogens is 1. The fourth-order valence-electron chi connectivity index (χ4n) is 3.13. The average Bonchev–Trinajstić information content (AvgIpc) is 2.68. The maximum absolute atomic E-state index is 13.1. The molecule has 0 spiro atoms. The van der Waals surface area contributed by atoms with E-state index in [1.54, 1.807) is 29.2 Å². The summed E-state index contributed by atoms with van der Waals surface area (Å²) in [5.41, 5.74) is 1.47. The van der Waals surface area contributed by atoms with Gasteiger partial charge in [0.25, 0.3) is 5.91 Å². The van der Waals surface area contributed by atoms with E-state index < -0.39 is 6.04 Å². The van der Waals surface area contributed by atoms with Crippen molar-refractivity contribution in [3.63, 3.8) is 0 Å². The molecular weight excluding hydrogens is 364 g/mol. The van der Waals surface area contributed by atoms with Gasteiger partial charge in [0.2, 0.25) is 5.91 Å². The molecule has 0 aromatic heterocycles. The normalized spacial score (nSPS) is 18.0. The number of nitrogens with zero attached hydrogens (tertiary/aromatic N) is 1. The van der Waals surface area contributed by atoms with E-state index in [4.69, 9.17) is 16.3 Å². The Hall–Kier alpha value is -2.37. The van der Waals surface area contributed by atoms with E-state index in [2.05, 4.69) is 5.32 Å². The van der Waals surface area contributed by atoms with Gasteiger partial charge in [0.1, 0.15) is 6.04 Å². The monoisotopic (exact) mass is 386 g/mol. The van der Waals surface area contributed by atoms with Crippen LogP contribution >= 0.6 is 11.6 Å². The van der Waals surface area contributed by atoms with Gasteiger partial charge in [-0.05, 0) is 36.8 Å². The molecule has 1 aliphatic rings. The van der Waals surface area contributed by atoms with E-state index in [9.17, 15) is 9.59 Å². The van der Waals surface area contributed by atoms with Gasteiger partial charge >= 0.3 is 0 Å². The lowest BCUT2D eigenvalue weighted by Gasteiger charge is -2.34.